The molecule has 0 saturated carbocycles. The molecule has 2 nitrogen and oxygen atoms in total. The summed E-state index contributed by atoms with van der Waals surface area (Å²) < 4.78 is 12.4. The Kier molecular flexibility index (Phi) is 2.19. The zero-order valence-corrected chi connectivity index (χ0v) is 5.71. The van der Waals surface area contributed by atoms with Crippen molar-refractivity contribution in [2.45, 2.75) is 6.61 Å². The van der Waals surface area contributed by atoms with E-state index in [1.807, 2.05) is 0 Å². The van der Waals surface area contributed by atoms with Gasteiger partial charge in [-0.15, -0.1) is 6.42 Å². The molecule has 0 aliphatic carbocycles. The second kappa shape index (κ2) is 3.13. The highest BCUT2D eigenvalue weighted by molar-refractivity contribution is 5.35. The van der Waals surface area contributed by atoms with E-state index in [1.54, 1.807) is 0 Å². The van der Waals surface area contributed by atoms with E-state index in [4.69, 9.17) is 11.5 Å². The molecule has 1 N–H and O–H groups in total. The number of pyridine rings is 1. The fraction of sp³-hybridized carbons (Fsp3) is 0.125. The molecule has 11 heavy (non-hydrogen) atoms. The molecule has 1 heterocycles. The lowest BCUT2D eigenvalue weighted by atomic mass is 10.2. The molecule has 56 valence electrons. The molecule has 1 aromatic rings. The van der Waals surface area contributed by atoms with Crippen LogP contribution in [0.5, 0.6) is 0 Å². The molecule has 3 heteroatoms. The van der Waals surface area contributed by atoms with Crippen LogP contribution in [0.3, 0.4) is 0 Å². The van der Waals surface area contributed by atoms with Gasteiger partial charge in [0.25, 0.3) is 0 Å². The Hall–Kier alpha value is -1.40. The highest BCUT2D eigenvalue weighted by Crippen LogP contribution is 2.04. The zero-order chi connectivity index (χ0) is 8.27. The van der Waals surface area contributed by atoms with Gasteiger partial charge in [-0.25, -0.2) is 4.98 Å². The van der Waals surface area contributed by atoms with Crippen molar-refractivity contribution < 1.29 is 9.50 Å². The van der Waals surface area contributed by atoms with Gasteiger partial charge in [-0.05, 0) is 12.1 Å². The first kappa shape index (κ1) is 7.70. The molecule has 0 aliphatic heterocycles. The van der Waals surface area contributed by atoms with Gasteiger partial charge in [0, 0.05) is 5.56 Å². The summed E-state index contributed by atoms with van der Waals surface area (Å²) in [5.74, 6) is 1.65. The summed E-state index contributed by atoms with van der Waals surface area (Å²) in [6.07, 6.45) is 5.05. The van der Waals surface area contributed by atoms with Crippen molar-refractivity contribution in [2.24, 2.45) is 0 Å². The average Bonchev–Trinajstić information content (AvgIpc) is 2.04. The van der Waals surface area contributed by atoms with Crippen molar-refractivity contribution >= 4 is 0 Å². The first-order chi connectivity index (χ1) is 5.27. The van der Waals surface area contributed by atoms with E-state index in [0.29, 0.717) is 5.56 Å². The quantitative estimate of drug-likeness (QED) is 0.473. The molecule has 0 unspecified atom stereocenters. The minimum absolute atomic E-state index is 0.201. The fourth-order valence-electron chi connectivity index (χ4n) is 0.727. The lowest BCUT2D eigenvalue weighted by molar-refractivity contribution is 0.274. The topological polar surface area (TPSA) is 33.1 Å². The van der Waals surface area contributed by atoms with Crippen molar-refractivity contribution in [3.63, 3.8) is 0 Å². The van der Waals surface area contributed by atoms with Crippen LogP contribution < -0.4 is 0 Å². The molecule has 0 aromatic carbocycles. The van der Waals surface area contributed by atoms with Gasteiger partial charge in [-0.1, -0.05) is 5.92 Å². The molecule has 0 atom stereocenters. The lowest BCUT2D eigenvalue weighted by Gasteiger charge is -1.97. The zero-order valence-electron chi connectivity index (χ0n) is 5.71. The summed E-state index contributed by atoms with van der Waals surface area (Å²) in [5, 5.41) is 8.65. The van der Waals surface area contributed by atoms with Gasteiger partial charge in [0.05, 0.1) is 12.3 Å². The van der Waals surface area contributed by atoms with Gasteiger partial charge in [0.15, 0.2) is 0 Å². The van der Waals surface area contributed by atoms with Crippen LogP contribution in [0.4, 0.5) is 4.39 Å². The van der Waals surface area contributed by atoms with Gasteiger partial charge in [0.2, 0.25) is 5.95 Å². The first-order valence-electron chi connectivity index (χ1n) is 3.01. The summed E-state index contributed by atoms with van der Waals surface area (Å²) in [5.41, 5.74) is 0.626. The van der Waals surface area contributed by atoms with Gasteiger partial charge < -0.3 is 5.11 Å². The standard InChI is InChI=1S/C8H6FNO/c1-2-6-3-4-8(9)10-7(6)5-11/h1,3-4,11H,5H2. The summed E-state index contributed by atoms with van der Waals surface area (Å²) in [6.45, 7) is -0.336. The van der Waals surface area contributed by atoms with Crippen LogP contribution in [0.25, 0.3) is 0 Å². The third kappa shape index (κ3) is 1.54. The SMILES string of the molecule is C#Cc1ccc(F)nc1CO. The highest BCUT2D eigenvalue weighted by atomic mass is 19.1. The van der Waals surface area contributed by atoms with Crippen LogP contribution in [-0.2, 0) is 6.61 Å². The minimum Gasteiger partial charge on any atom is -0.390 e. The van der Waals surface area contributed by atoms with Gasteiger partial charge >= 0.3 is 0 Å². The first-order valence-corrected chi connectivity index (χ1v) is 3.01. The molecule has 0 spiro atoms. The van der Waals surface area contributed by atoms with E-state index in [9.17, 15) is 4.39 Å². The smallest absolute Gasteiger partial charge is 0.213 e. The van der Waals surface area contributed by atoms with Gasteiger partial charge in [0.1, 0.15) is 0 Å². The van der Waals surface area contributed by atoms with E-state index in [2.05, 4.69) is 10.9 Å². The molecule has 0 aliphatic rings. The number of halogens is 1. The molecule has 0 amide bonds. The number of rotatable bonds is 1. The fourth-order valence-corrected chi connectivity index (χ4v) is 0.727. The molecular weight excluding hydrogens is 145 g/mol. The van der Waals surface area contributed by atoms with Crippen molar-refractivity contribution in [1.82, 2.24) is 4.98 Å². The van der Waals surface area contributed by atoms with Crippen LogP contribution in [0, 0.1) is 18.3 Å². The maximum Gasteiger partial charge on any atom is 0.213 e. The number of aliphatic hydroxyl groups excluding tert-OH is 1. The van der Waals surface area contributed by atoms with E-state index in [0.717, 1.165) is 6.07 Å². The summed E-state index contributed by atoms with van der Waals surface area (Å²) in [4.78, 5) is 3.40. The number of hydrogen-bond acceptors (Lipinski definition) is 2. The Labute approximate surface area is 63.7 Å². The Morgan fingerprint density at radius 2 is 2.36 bits per heavy atom. The van der Waals surface area contributed by atoms with Gasteiger partial charge in [-0.3, -0.25) is 0 Å². The second-order valence-electron chi connectivity index (χ2n) is 1.93. The van der Waals surface area contributed by atoms with E-state index in [-0.39, 0.29) is 12.3 Å². The van der Waals surface area contributed by atoms with Crippen LogP contribution >= 0.6 is 0 Å². The maximum absolute atomic E-state index is 12.4. The molecule has 1 aromatic heterocycles. The van der Waals surface area contributed by atoms with Crippen molar-refractivity contribution in [2.75, 3.05) is 0 Å². The monoisotopic (exact) mass is 151 g/mol. The Morgan fingerprint density at radius 1 is 1.64 bits per heavy atom. The molecule has 0 saturated heterocycles. The Morgan fingerprint density at radius 3 is 2.91 bits per heavy atom. The molecule has 0 radical (unpaired) electrons. The Balaban J connectivity index is 3.19. The number of aliphatic hydroxyl groups is 1. The highest BCUT2D eigenvalue weighted by Gasteiger charge is 2.00. The predicted octanol–water partition coefficient (Wildman–Crippen LogP) is 0.694. The Bertz CT molecular complexity index is 303. The largest absolute Gasteiger partial charge is 0.390 e. The maximum atomic E-state index is 12.4. The molecule has 0 fully saturated rings. The summed E-state index contributed by atoms with van der Waals surface area (Å²) in [7, 11) is 0. The summed E-state index contributed by atoms with van der Waals surface area (Å²) >= 11 is 0. The van der Waals surface area contributed by atoms with Crippen LogP contribution in [0.2, 0.25) is 0 Å². The minimum atomic E-state index is -0.631. The number of nitrogens with zero attached hydrogens (tertiary/aromatic N) is 1. The van der Waals surface area contributed by atoms with Crippen molar-refractivity contribution in [3.8, 4) is 12.3 Å². The second-order valence-corrected chi connectivity index (χ2v) is 1.93. The van der Waals surface area contributed by atoms with E-state index in [1.165, 1.54) is 6.07 Å². The molecule has 1 rings (SSSR count). The van der Waals surface area contributed by atoms with Crippen LogP contribution in [-0.4, -0.2) is 10.1 Å². The van der Waals surface area contributed by atoms with E-state index < -0.39 is 5.95 Å². The average molecular weight is 151 g/mol. The molecular formula is C8H6FNO. The number of terminal acetylenes is 1. The lowest BCUT2D eigenvalue weighted by Crippen LogP contribution is -1.96. The third-order valence-corrected chi connectivity index (χ3v) is 1.25. The normalized spacial score (nSPS) is 9.18. The predicted molar refractivity (Wildman–Crippen MR) is 38.1 cm³/mol. The number of aromatic nitrogens is 1. The van der Waals surface area contributed by atoms with Crippen molar-refractivity contribution in [1.29, 1.82) is 0 Å². The van der Waals surface area contributed by atoms with Gasteiger partial charge in [-0.2, -0.15) is 4.39 Å². The third-order valence-electron chi connectivity index (χ3n) is 1.25. The van der Waals surface area contributed by atoms with Crippen molar-refractivity contribution in [3.05, 3.63) is 29.3 Å². The molecule has 0 bridgehead atoms. The number of hydrogen-bond donors (Lipinski definition) is 1. The van der Waals surface area contributed by atoms with Crippen LogP contribution in [0.1, 0.15) is 11.3 Å². The van der Waals surface area contributed by atoms with E-state index >= 15 is 0 Å². The summed E-state index contributed by atoms with van der Waals surface area (Å²) in [6, 6.07) is 2.57. The van der Waals surface area contributed by atoms with Crippen LogP contribution in [0.15, 0.2) is 12.1 Å².